The van der Waals surface area contributed by atoms with Crippen molar-refractivity contribution in [1.82, 2.24) is 19.9 Å². The molecule has 2 N–H and O–H groups in total. The number of benzene rings is 2. The van der Waals surface area contributed by atoms with Crippen LogP contribution in [0.4, 0.5) is 20.8 Å². The third-order valence-corrected chi connectivity index (χ3v) is 8.80. The number of hydrogen-bond acceptors (Lipinski definition) is 9. The van der Waals surface area contributed by atoms with Crippen LogP contribution >= 0.6 is 0 Å². The quantitative estimate of drug-likeness (QED) is 0.198. The van der Waals surface area contributed by atoms with Crippen LogP contribution < -0.4 is 14.8 Å². The summed E-state index contributed by atoms with van der Waals surface area (Å²) in [7, 11) is -3.74. The maximum atomic E-state index is 14.9. The molecule has 0 spiro atoms. The Bertz CT molecular complexity index is 1850. The van der Waals surface area contributed by atoms with Crippen LogP contribution in [0.3, 0.4) is 0 Å². The zero-order valence-corrected chi connectivity index (χ0v) is 27.4. The van der Waals surface area contributed by atoms with Gasteiger partial charge in [-0.25, -0.2) is 32.6 Å². The van der Waals surface area contributed by atoms with Crippen molar-refractivity contribution in [3.63, 3.8) is 0 Å². The van der Waals surface area contributed by atoms with Crippen molar-refractivity contribution in [2.45, 2.75) is 65.5 Å². The van der Waals surface area contributed by atoms with Gasteiger partial charge in [0.1, 0.15) is 17.2 Å². The Morgan fingerprint density at radius 2 is 1.87 bits per heavy atom. The van der Waals surface area contributed by atoms with E-state index in [1.54, 1.807) is 54.5 Å². The van der Waals surface area contributed by atoms with Crippen LogP contribution in [0.25, 0.3) is 22.0 Å². The molecule has 1 aliphatic heterocycles. The van der Waals surface area contributed by atoms with E-state index in [4.69, 9.17) is 14.5 Å². The molecule has 0 unspecified atom stereocenters. The zero-order chi connectivity index (χ0) is 33.1. The molecule has 13 heteroatoms. The fourth-order valence-electron chi connectivity index (χ4n) is 5.29. The number of carbonyl (C=O) groups is 1. The Balaban J connectivity index is 1.41. The lowest BCUT2D eigenvalue weighted by molar-refractivity contribution is 0.0206. The Morgan fingerprint density at radius 3 is 2.63 bits per heavy atom. The monoisotopic (exact) mass is 650 g/mol. The highest BCUT2D eigenvalue weighted by atomic mass is 32.2. The highest BCUT2D eigenvalue weighted by Gasteiger charge is 2.28. The maximum Gasteiger partial charge on any atom is 0.410 e. The van der Waals surface area contributed by atoms with E-state index in [0.29, 0.717) is 53.2 Å². The first kappa shape index (κ1) is 32.9. The molecule has 3 heterocycles. The van der Waals surface area contributed by atoms with Crippen LogP contribution in [0, 0.1) is 12.7 Å². The van der Waals surface area contributed by atoms with Gasteiger partial charge in [0.05, 0.1) is 22.7 Å². The zero-order valence-electron chi connectivity index (χ0n) is 26.6. The van der Waals surface area contributed by atoms with E-state index in [1.807, 2.05) is 33.8 Å². The van der Waals surface area contributed by atoms with Crippen molar-refractivity contribution in [1.29, 1.82) is 0 Å². The first-order valence-corrected chi connectivity index (χ1v) is 16.9. The van der Waals surface area contributed by atoms with Crippen LogP contribution in [0.15, 0.2) is 54.9 Å². The van der Waals surface area contributed by atoms with Crippen molar-refractivity contribution in [3.8, 4) is 22.9 Å². The molecule has 1 aliphatic rings. The molecule has 5 rings (SSSR count). The molecular weight excluding hydrogens is 611 g/mol. The second-order valence-corrected chi connectivity index (χ2v) is 14.1. The highest BCUT2D eigenvalue weighted by molar-refractivity contribution is 7.92. The van der Waals surface area contributed by atoms with Crippen molar-refractivity contribution in [2.75, 3.05) is 28.9 Å². The molecule has 2 aromatic heterocycles. The van der Waals surface area contributed by atoms with E-state index in [-0.39, 0.29) is 29.5 Å². The number of nitrogens with zero attached hydrogens (tertiary/aromatic N) is 4. The van der Waals surface area contributed by atoms with Crippen LogP contribution in [-0.4, -0.2) is 64.8 Å². The first-order chi connectivity index (χ1) is 21.8. The number of anilines is 2. The van der Waals surface area contributed by atoms with E-state index in [1.165, 1.54) is 6.07 Å². The fourth-order valence-corrected chi connectivity index (χ4v) is 6.44. The number of nitrogens with one attached hydrogen (secondary N) is 2. The van der Waals surface area contributed by atoms with E-state index < -0.39 is 21.4 Å². The molecule has 2 aromatic carbocycles. The average Bonchev–Trinajstić information content (AvgIpc) is 2.99. The number of amides is 1. The van der Waals surface area contributed by atoms with Gasteiger partial charge < -0.3 is 19.7 Å². The average molecular weight is 651 g/mol. The number of fused-ring (bicyclic) bond motifs is 1. The number of rotatable bonds is 9. The topological polar surface area (TPSA) is 136 Å². The van der Waals surface area contributed by atoms with Gasteiger partial charge in [-0.2, -0.15) is 0 Å². The lowest BCUT2D eigenvalue weighted by Crippen LogP contribution is -2.47. The van der Waals surface area contributed by atoms with Crippen LogP contribution in [-0.2, 0) is 14.8 Å². The maximum absolute atomic E-state index is 14.9. The Hall–Kier alpha value is -4.52. The molecule has 244 valence electrons. The Kier molecular flexibility index (Phi) is 9.61. The van der Waals surface area contributed by atoms with Gasteiger partial charge in [0, 0.05) is 42.3 Å². The number of aryl methyl sites for hydroxylation is 1. The number of ether oxygens (including phenoxy) is 2. The lowest BCUT2D eigenvalue weighted by Gasteiger charge is -2.34. The molecule has 1 atom stereocenters. The summed E-state index contributed by atoms with van der Waals surface area (Å²) in [4.78, 5) is 28.0. The Labute approximate surface area is 268 Å². The molecule has 1 fully saturated rings. The van der Waals surface area contributed by atoms with E-state index in [0.717, 1.165) is 18.4 Å². The second kappa shape index (κ2) is 13.5. The minimum absolute atomic E-state index is 0.0659. The largest absolute Gasteiger partial charge is 0.444 e. The van der Waals surface area contributed by atoms with Crippen LogP contribution in [0.2, 0.25) is 0 Å². The molecule has 4 aromatic rings. The fraction of sp³-hybridized carbons (Fsp3) is 0.394. The SMILES string of the molecule is CCCS(=O)(=O)Nc1c(F)ccc2c(Oc3ncccc3-c3ccnc(N[C@H]4CCCN(C(=O)OC(C)(C)C)C4)n3)c(C)ccc12. The van der Waals surface area contributed by atoms with Gasteiger partial charge in [0.2, 0.25) is 21.9 Å². The predicted molar refractivity (Wildman–Crippen MR) is 176 cm³/mol. The minimum atomic E-state index is -3.74. The third-order valence-electron chi connectivity index (χ3n) is 7.34. The normalized spacial score (nSPS) is 15.4. The molecular formula is C33H39FN6O5S. The van der Waals surface area contributed by atoms with E-state index in [2.05, 4.69) is 20.0 Å². The van der Waals surface area contributed by atoms with Gasteiger partial charge in [0.15, 0.2) is 0 Å². The molecule has 11 nitrogen and oxygen atoms in total. The molecule has 0 radical (unpaired) electrons. The molecule has 1 saturated heterocycles. The summed E-state index contributed by atoms with van der Waals surface area (Å²) in [5.74, 6) is 0.241. The minimum Gasteiger partial charge on any atom is -0.444 e. The van der Waals surface area contributed by atoms with Crippen molar-refractivity contribution >= 4 is 38.5 Å². The molecule has 0 saturated carbocycles. The summed E-state index contributed by atoms with van der Waals surface area (Å²) < 4.78 is 54.4. The van der Waals surface area contributed by atoms with Crippen molar-refractivity contribution in [2.24, 2.45) is 0 Å². The number of aromatic nitrogens is 3. The number of piperidine rings is 1. The molecule has 1 amide bonds. The molecule has 0 aliphatic carbocycles. The summed E-state index contributed by atoms with van der Waals surface area (Å²) >= 11 is 0. The summed E-state index contributed by atoms with van der Waals surface area (Å²) in [5, 5.41) is 4.23. The summed E-state index contributed by atoms with van der Waals surface area (Å²) in [6.07, 6.45) is 4.93. The van der Waals surface area contributed by atoms with Crippen LogP contribution in [0.1, 0.15) is 52.5 Å². The number of carbonyl (C=O) groups excluding carboxylic acids is 1. The van der Waals surface area contributed by atoms with Crippen molar-refractivity contribution < 1.29 is 27.1 Å². The Morgan fingerprint density at radius 1 is 1.09 bits per heavy atom. The molecule has 46 heavy (non-hydrogen) atoms. The number of sulfonamides is 1. The standard InChI is InChI=1S/C33H39FN6O5S/c1-6-19-46(42,43)39-28-23-12-11-21(2)29(24(23)13-14-26(28)34)44-30-25(10-7-16-35-30)27-15-17-36-31(38-27)37-22-9-8-18-40(20-22)32(41)45-33(3,4)5/h7,10-17,22,39H,6,8-9,18-20H2,1-5H3,(H,36,37,38)/t22-/m0/s1. The summed E-state index contributed by atoms with van der Waals surface area (Å²) in [6, 6.07) is 11.5. The number of halogens is 1. The van der Waals surface area contributed by atoms with Gasteiger partial charge in [-0.3, -0.25) is 4.72 Å². The van der Waals surface area contributed by atoms with Gasteiger partial charge in [-0.15, -0.1) is 0 Å². The van der Waals surface area contributed by atoms with Gasteiger partial charge in [-0.1, -0.05) is 19.1 Å². The first-order valence-electron chi connectivity index (χ1n) is 15.3. The summed E-state index contributed by atoms with van der Waals surface area (Å²) in [6.45, 7) is 10.2. The van der Waals surface area contributed by atoms with Gasteiger partial charge in [-0.05, 0) is 82.9 Å². The third kappa shape index (κ3) is 7.82. The van der Waals surface area contributed by atoms with E-state index in [9.17, 15) is 17.6 Å². The summed E-state index contributed by atoms with van der Waals surface area (Å²) in [5.41, 5.74) is 1.19. The second-order valence-electron chi connectivity index (χ2n) is 12.3. The van der Waals surface area contributed by atoms with Crippen LogP contribution in [0.5, 0.6) is 11.6 Å². The smallest absolute Gasteiger partial charge is 0.410 e. The molecule has 0 bridgehead atoms. The number of likely N-dealkylation sites (tertiary alicyclic amines) is 1. The lowest BCUT2D eigenvalue weighted by atomic mass is 10.0. The van der Waals surface area contributed by atoms with E-state index >= 15 is 0 Å². The predicted octanol–water partition coefficient (Wildman–Crippen LogP) is 6.89. The number of hydrogen-bond donors (Lipinski definition) is 2. The van der Waals surface area contributed by atoms with Gasteiger partial charge >= 0.3 is 6.09 Å². The van der Waals surface area contributed by atoms with Gasteiger partial charge in [0.25, 0.3) is 0 Å². The highest BCUT2D eigenvalue weighted by Crippen LogP contribution is 2.39. The van der Waals surface area contributed by atoms with Crippen molar-refractivity contribution in [3.05, 3.63) is 66.2 Å². The number of pyridine rings is 1.